The topological polar surface area (TPSA) is 75.0 Å². The van der Waals surface area contributed by atoms with Crippen molar-refractivity contribution in [1.29, 1.82) is 0 Å². The lowest BCUT2D eigenvalue weighted by molar-refractivity contribution is -0.147. The second kappa shape index (κ2) is 9.48. The summed E-state index contributed by atoms with van der Waals surface area (Å²) in [5.74, 6) is 1.21. The van der Waals surface area contributed by atoms with Crippen molar-refractivity contribution in [2.24, 2.45) is 5.92 Å². The number of benzene rings is 2. The summed E-state index contributed by atoms with van der Waals surface area (Å²) in [7, 11) is 0. The minimum atomic E-state index is -0.446. The van der Waals surface area contributed by atoms with E-state index in [0.717, 1.165) is 5.56 Å². The van der Waals surface area contributed by atoms with E-state index in [9.17, 15) is 9.59 Å². The van der Waals surface area contributed by atoms with E-state index in [1.165, 1.54) is 6.26 Å². The van der Waals surface area contributed by atoms with Crippen LogP contribution in [0.4, 0.5) is 0 Å². The molecule has 0 saturated heterocycles. The summed E-state index contributed by atoms with van der Waals surface area (Å²) in [6, 6.07) is 12.4. The highest BCUT2D eigenvalue weighted by molar-refractivity contribution is 5.79. The Balaban J connectivity index is 1.77. The molecule has 1 heterocycles. The molecule has 0 spiro atoms. The van der Waals surface area contributed by atoms with Crippen molar-refractivity contribution >= 4 is 16.9 Å². The number of esters is 1. The minimum absolute atomic E-state index is 0.113. The summed E-state index contributed by atoms with van der Waals surface area (Å²) < 4.78 is 22.0. The molecule has 0 unspecified atom stereocenters. The maximum atomic E-state index is 12.8. The van der Waals surface area contributed by atoms with Gasteiger partial charge >= 0.3 is 5.97 Å². The fourth-order valence-electron chi connectivity index (χ4n) is 2.86. The Bertz CT molecular complexity index is 1080. The number of rotatable bonds is 8. The molecule has 1 aromatic heterocycles. The number of hydrogen-bond donors (Lipinski definition) is 0. The molecule has 0 aliphatic carbocycles. The molecule has 0 atom stereocenters. The first kappa shape index (κ1) is 21.4. The van der Waals surface area contributed by atoms with Gasteiger partial charge in [0, 0.05) is 6.07 Å². The number of ether oxygens (including phenoxy) is 3. The molecule has 0 saturated carbocycles. The Morgan fingerprint density at radius 2 is 1.80 bits per heavy atom. The molecule has 2 aromatic carbocycles. The molecule has 3 rings (SSSR count). The van der Waals surface area contributed by atoms with Crippen molar-refractivity contribution in [3.05, 3.63) is 64.5 Å². The molecule has 158 valence electrons. The van der Waals surface area contributed by atoms with Crippen LogP contribution in [0.2, 0.25) is 0 Å². The van der Waals surface area contributed by atoms with Gasteiger partial charge in [0.15, 0.2) is 6.61 Å². The van der Waals surface area contributed by atoms with Gasteiger partial charge in [0.2, 0.25) is 11.2 Å². The molecule has 0 fully saturated rings. The van der Waals surface area contributed by atoms with Crippen LogP contribution in [0.5, 0.6) is 17.2 Å². The van der Waals surface area contributed by atoms with Gasteiger partial charge in [0.25, 0.3) is 0 Å². The molecule has 0 radical (unpaired) electrons. The number of carbonyl (C=O) groups excluding carboxylic acids is 1. The summed E-state index contributed by atoms with van der Waals surface area (Å²) in [5, 5.41) is 0.365. The number of hydrogen-bond acceptors (Lipinski definition) is 6. The second-order valence-corrected chi connectivity index (χ2v) is 7.75. The first-order chi connectivity index (χ1) is 14.3. The van der Waals surface area contributed by atoms with Crippen LogP contribution < -0.4 is 14.9 Å². The van der Waals surface area contributed by atoms with Crippen molar-refractivity contribution in [3.63, 3.8) is 0 Å². The second-order valence-electron chi connectivity index (χ2n) is 7.75. The van der Waals surface area contributed by atoms with E-state index in [-0.39, 0.29) is 29.6 Å². The molecule has 0 aliphatic rings. The minimum Gasteiger partial charge on any atom is -0.482 e. The van der Waals surface area contributed by atoms with Gasteiger partial charge in [-0.15, -0.1) is 0 Å². The molecular weight excluding hydrogens is 384 g/mol. The Labute approximate surface area is 175 Å². The van der Waals surface area contributed by atoms with Crippen LogP contribution in [0, 0.1) is 5.92 Å². The Morgan fingerprint density at radius 3 is 2.53 bits per heavy atom. The van der Waals surface area contributed by atoms with E-state index in [4.69, 9.17) is 18.6 Å². The molecule has 6 heteroatoms. The van der Waals surface area contributed by atoms with Gasteiger partial charge in [-0.3, -0.25) is 4.79 Å². The predicted octanol–water partition coefficient (Wildman–Crippen LogP) is 5.29. The number of para-hydroxylation sites is 1. The lowest BCUT2D eigenvalue weighted by Gasteiger charge is -2.13. The third-order valence-electron chi connectivity index (χ3n) is 4.41. The molecule has 0 amide bonds. The van der Waals surface area contributed by atoms with Crippen LogP contribution in [0.1, 0.15) is 39.2 Å². The highest BCUT2D eigenvalue weighted by Crippen LogP contribution is 2.30. The maximum Gasteiger partial charge on any atom is 0.344 e. The third kappa shape index (κ3) is 5.20. The van der Waals surface area contributed by atoms with Gasteiger partial charge in [-0.25, -0.2) is 4.79 Å². The first-order valence-corrected chi connectivity index (χ1v) is 9.96. The molecule has 6 nitrogen and oxygen atoms in total. The van der Waals surface area contributed by atoms with Crippen molar-refractivity contribution in [2.45, 2.75) is 33.6 Å². The Hall–Kier alpha value is -3.28. The summed E-state index contributed by atoms with van der Waals surface area (Å²) >= 11 is 0. The van der Waals surface area contributed by atoms with E-state index < -0.39 is 5.97 Å². The summed E-state index contributed by atoms with van der Waals surface area (Å²) in [6.45, 7) is 8.17. The van der Waals surface area contributed by atoms with Crippen molar-refractivity contribution in [1.82, 2.24) is 0 Å². The molecule has 3 aromatic rings. The molecule has 0 bridgehead atoms. The Morgan fingerprint density at radius 1 is 1.03 bits per heavy atom. The van der Waals surface area contributed by atoms with Gasteiger partial charge in [-0.1, -0.05) is 45.9 Å². The summed E-state index contributed by atoms with van der Waals surface area (Å²) in [5.41, 5.74) is 1.07. The maximum absolute atomic E-state index is 12.8. The Kier molecular flexibility index (Phi) is 6.77. The van der Waals surface area contributed by atoms with Gasteiger partial charge in [-0.05, 0) is 35.6 Å². The lowest BCUT2D eigenvalue weighted by Crippen LogP contribution is -2.17. The van der Waals surface area contributed by atoms with E-state index in [1.54, 1.807) is 18.2 Å². The zero-order valence-corrected chi connectivity index (χ0v) is 17.6. The van der Waals surface area contributed by atoms with Crippen LogP contribution in [0.3, 0.4) is 0 Å². The zero-order valence-electron chi connectivity index (χ0n) is 17.6. The van der Waals surface area contributed by atoms with Crippen molar-refractivity contribution in [2.75, 3.05) is 13.2 Å². The molecular formula is C24H26O6. The molecule has 0 aliphatic heterocycles. The highest BCUT2D eigenvalue weighted by Gasteiger charge is 2.14. The molecule has 0 N–H and O–H groups in total. The van der Waals surface area contributed by atoms with E-state index in [2.05, 4.69) is 13.8 Å². The van der Waals surface area contributed by atoms with Crippen molar-refractivity contribution in [3.8, 4) is 17.2 Å². The lowest BCUT2D eigenvalue weighted by atomic mass is 10.0. The van der Waals surface area contributed by atoms with E-state index in [1.807, 2.05) is 38.1 Å². The first-order valence-electron chi connectivity index (χ1n) is 9.96. The number of carbonyl (C=O) groups is 1. The zero-order chi connectivity index (χ0) is 21.7. The van der Waals surface area contributed by atoms with E-state index in [0.29, 0.717) is 29.1 Å². The average molecular weight is 410 g/mol. The highest BCUT2D eigenvalue weighted by atomic mass is 16.6. The fourth-order valence-corrected chi connectivity index (χ4v) is 2.86. The quantitative estimate of drug-likeness (QED) is 0.470. The predicted molar refractivity (Wildman–Crippen MR) is 114 cm³/mol. The summed E-state index contributed by atoms with van der Waals surface area (Å²) in [6.07, 6.45) is 1.29. The van der Waals surface area contributed by atoms with Crippen molar-refractivity contribution < 1.29 is 23.4 Å². The molecule has 30 heavy (non-hydrogen) atoms. The summed E-state index contributed by atoms with van der Waals surface area (Å²) in [4.78, 5) is 24.5. The largest absolute Gasteiger partial charge is 0.482 e. The van der Waals surface area contributed by atoms with Gasteiger partial charge in [0.1, 0.15) is 23.3 Å². The normalized spacial score (nSPS) is 11.1. The van der Waals surface area contributed by atoms with Crippen LogP contribution in [0.15, 0.2) is 57.9 Å². The van der Waals surface area contributed by atoms with Crippen LogP contribution >= 0.6 is 0 Å². The standard InChI is InChI=1S/C24H26O6/c1-15(2)12-29-23(25)14-27-17-9-10-19-21(11-17)28-13-22(24(19)26)30-20-8-6-5-7-18(20)16(3)4/h5-11,13,15-16H,12,14H2,1-4H3. The van der Waals surface area contributed by atoms with Gasteiger partial charge in [-0.2, -0.15) is 0 Å². The van der Waals surface area contributed by atoms with E-state index >= 15 is 0 Å². The number of fused-ring (bicyclic) bond motifs is 1. The van der Waals surface area contributed by atoms with Crippen LogP contribution in [-0.4, -0.2) is 19.2 Å². The monoisotopic (exact) mass is 410 g/mol. The third-order valence-corrected chi connectivity index (χ3v) is 4.41. The fraction of sp³-hybridized carbons (Fsp3) is 0.333. The van der Waals surface area contributed by atoms with Gasteiger partial charge in [0.05, 0.1) is 12.0 Å². The van der Waals surface area contributed by atoms with Crippen LogP contribution in [-0.2, 0) is 9.53 Å². The smallest absolute Gasteiger partial charge is 0.344 e. The van der Waals surface area contributed by atoms with Crippen LogP contribution in [0.25, 0.3) is 11.0 Å². The SMILES string of the molecule is CC(C)COC(=O)COc1ccc2c(=O)c(Oc3ccccc3C(C)C)coc2c1. The van der Waals surface area contributed by atoms with Gasteiger partial charge < -0.3 is 18.6 Å². The average Bonchev–Trinajstić information content (AvgIpc) is 2.73.